The molecule has 0 unspecified atom stereocenters. The molecule has 0 heterocycles. The quantitative estimate of drug-likeness (QED) is 0.395. The zero-order valence-corrected chi connectivity index (χ0v) is 17.7. The molecular formula is C17H27BrF2NO3P. The smallest absolute Gasteiger partial charge is 0.304 e. The third kappa shape index (κ3) is 5.57. The van der Waals surface area contributed by atoms with Gasteiger partial charge in [0.15, 0.2) is 0 Å². The highest BCUT2D eigenvalue weighted by Gasteiger charge is 2.55. The predicted molar refractivity (Wildman–Crippen MR) is 100 cm³/mol. The average molecular weight is 442 g/mol. The van der Waals surface area contributed by atoms with Crippen LogP contribution in [0.3, 0.4) is 0 Å². The Bertz CT molecular complexity index is 591. The first-order valence-electron chi connectivity index (χ1n) is 8.53. The monoisotopic (exact) mass is 441 g/mol. The SMILES string of the molecule is CCCN(CC)Cc1ccc(C(F)(F)P(=O)(OCC)OCC)c(Br)c1. The maximum Gasteiger partial charge on any atom is 0.404 e. The Balaban J connectivity index is 3.14. The van der Waals surface area contributed by atoms with E-state index in [-0.39, 0.29) is 23.2 Å². The standard InChI is InChI=1S/C17H27BrF2NO3P/c1-5-11-21(6-2)13-14-9-10-15(16(18)12-14)17(19,20)25(22,23-7-3)24-8-4/h9-10,12H,5-8,11,13H2,1-4H3. The highest BCUT2D eigenvalue weighted by Crippen LogP contribution is 2.67. The van der Waals surface area contributed by atoms with Crippen LogP contribution in [0.4, 0.5) is 8.78 Å². The van der Waals surface area contributed by atoms with Crippen molar-refractivity contribution >= 4 is 23.5 Å². The third-order valence-electron chi connectivity index (χ3n) is 3.69. The number of alkyl halides is 2. The van der Waals surface area contributed by atoms with Crippen LogP contribution in [0, 0.1) is 0 Å². The summed E-state index contributed by atoms with van der Waals surface area (Å²) in [5.41, 5.74) is -3.21. The molecule has 0 bridgehead atoms. The molecule has 0 saturated heterocycles. The summed E-state index contributed by atoms with van der Waals surface area (Å²) in [5.74, 6) is 0. The van der Waals surface area contributed by atoms with E-state index in [0.717, 1.165) is 25.1 Å². The van der Waals surface area contributed by atoms with Gasteiger partial charge < -0.3 is 9.05 Å². The van der Waals surface area contributed by atoms with Crippen LogP contribution >= 0.6 is 23.5 Å². The van der Waals surface area contributed by atoms with Crippen LogP contribution < -0.4 is 0 Å². The molecule has 25 heavy (non-hydrogen) atoms. The summed E-state index contributed by atoms with van der Waals surface area (Å²) >= 11 is 3.20. The van der Waals surface area contributed by atoms with Gasteiger partial charge in [-0.3, -0.25) is 9.46 Å². The zero-order chi connectivity index (χ0) is 19.1. The lowest BCUT2D eigenvalue weighted by Crippen LogP contribution is -2.24. The van der Waals surface area contributed by atoms with E-state index in [0.29, 0.717) is 6.54 Å². The van der Waals surface area contributed by atoms with Crippen LogP contribution in [0.25, 0.3) is 0 Å². The molecule has 0 radical (unpaired) electrons. The molecule has 144 valence electrons. The fourth-order valence-electron chi connectivity index (χ4n) is 2.51. The Morgan fingerprint density at radius 2 is 1.76 bits per heavy atom. The lowest BCUT2D eigenvalue weighted by molar-refractivity contribution is 0.0354. The number of benzene rings is 1. The molecule has 0 spiro atoms. The molecule has 0 N–H and O–H groups in total. The molecule has 1 aromatic carbocycles. The lowest BCUT2D eigenvalue weighted by Gasteiger charge is -2.27. The fourth-order valence-corrected chi connectivity index (χ4v) is 4.91. The Morgan fingerprint density at radius 3 is 2.20 bits per heavy atom. The lowest BCUT2D eigenvalue weighted by atomic mass is 10.1. The molecule has 0 aliphatic carbocycles. The maximum atomic E-state index is 14.9. The van der Waals surface area contributed by atoms with E-state index in [1.54, 1.807) is 12.1 Å². The van der Waals surface area contributed by atoms with E-state index in [1.165, 1.54) is 19.9 Å². The summed E-state index contributed by atoms with van der Waals surface area (Å²) in [4.78, 5) is 2.23. The summed E-state index contributed by atoms with van der Waals surface area (Å²) in [6.45, 7) is 9.43. The Kier molecular flexibility index (Phi) is 9.19. The molecule has 1 rings (SSSR count). The van der Waals surface area contributed by atoms with E-state index in [2.05, 4.69) is 34.7 Å². The molecular weight excluding hydrogens is 415 g/mol. The zero-order valence-electron chi connectivity index (χ0n) is 15.2. The van der Waals surface area contributed by atoms with Crippen molar-refractivity contribution < 1.29 is 22.4 Å². The largest absolute Gasteiger partial charge is 0.404 e. The van der Waals surface area contributed by atoms with Crippen molar-refractivity contribution in [3.05, 3.63) is 33.8 Å². The van der Waals surface area contributed by atoms with Crippen molar-refractivity contribution in [1.82, 2.24) is 4.90 Å². The summed E-state index contributed by atoms with van der Waals surface area (Å²) in [6, 6.07) is 4.57. The minimum absolute atomic E-state index is 0.120. The molecule has 8 heteroatoms. The molecule has 0 atom stereocenters. The van der Waals surface area contributed by atoms with Gasteiger partial charge in [0.05, 0.1) is 13.2 Å². The molecule has 1 aromatic rings. The van der Waals surface area contributed by atoms with Crippen LogP contribution in [0.15, 0.2) is 22.7 Å². The van der Waals surface area contributed by atoms with Gasteiger partial charge in [0.2, 0.25) is 0 Å². The molecule has 0 fully saturated rings. The highest BCUT2D eigenvalue weighted by molar-refractivity contribution is 9.10. The molecule has 0 aromatic heterocycles. The van der Waals surface area contributed by atoms with Crippen LogP contribution in [0.5, 0.6) is 0 Å². The molecule has 0 aliphatic heterocycles. The summed E-state index contributed by atoms with van der Waals surface area (Å²) in [6.07, 6.45) is 1.02. The topological polar surface area (TPSA) is 38.8 Å². The van der Waals surface area contributed by atoms with Crippen molar-refractivity contribution in [2.24, 2.45) is 0 Å². The van der Waals surface area contributed by atoms with Crippen molar-refractivity contribution in [2.45, 2.75) is 46.3 Å². The number of hydrogen-bond donors (Lipinski definition) is 0. The van der Waals surface area contributed by atoms with E-state index >= 15 is 0 Å². The van der Waals surface area contributed by atoms with Gasteiger partial charge in [-0.1, -0.05) is 41.9 Å². The second-order valence-corrected chi connectivity index (χ2v) is 8.48. The van der Waals surface area contributed by atoms with E-state index in [1.807, 2.05) is 0 Å². The van der Waals surface area contributed by atoms with Crippen molar-refractivity contribution in [3.8, 4) is 0 Å². The van der Waals surface area contributed by atoms with E-state index in [4.69, 9.17) is 9.05 Å². The minimum atomic E-state index is -4.60. The van der Waals surface area contributed by atoms with Gasteiger partial charge in [0.1, 0.15) is 0 Å². The first-order chi connectivity index (χ1) is 11.8. The second kappa shape index (κ2) is 10.1. The molecule has 4 nitrogen and oxygen atoms in total. The minimum Gasteiger partial charge on any atom is -0.304 e. The van der Waals surface area contributed by atoms with Gasteiger partial charge in [-0.05, 0) is 45.0 Å². The number of rotatable bonds is 11. The van der Waals surface area contributed by atoms with Gasteiger partial charge in [0, 0.05) is 16.6 Å². The van der Waals surface area contributed by atoms with Gasteiger partial charge >= 0.3 is 13.3 Å². The predicted octanol–water partition coefficient (Wildman–Crippen LogP) is 6.00. The molecule has 0 amide bonds. The van der Waals surface area contributed by atoms with Crippen molar-refractivity contribution in [3.63, 3.8) is 0 Å². The number of halogens is 3. The van der Waals surface area contributed by atoms with Crippen LogP contribution in [0.1, 0.15) is 45.2 Å². The Morgan fingerprint density at radius 1 is 1.16 bits per heavy atom. The Hall–Kier alpha value is -0.330. The average Bonchev–Trinajstić information content (AvgIpc) is 2.54. The maximum absolute atomic E-state index is 14.9. The number of hydrogen-bond acceptors (Lipinski definition) is 4. The first kappa shape index (κ1) is 22.7. The van der Waals surface area contributed by atoms with Crippen molar-refractivity contribution in [1.29, 1.82) is 0 Å². The van der Waals surface area contributed by atoms with Gasteiger partial charge in [-0.25, -0.2) is 0 Å². The normalized spacial score (nSPS) is 12.8. The van der Waals surface area contributed by atoms with Crippen LogP contribution in [-0.2, 0) is 25.8 Å². The second-order valence-electron chi connectivity index (χ2n) is 5.56. The molecule has 0 saturated carbocycles. The molecule has 0 aliphatic rings. The number of nitrogens with zero attached hydrogens (tertiary/aromatic N) is 1. The van der Waals surface area contributed by atoms with E-state index in [9.17, 15) is 13.3 Å². The van der Waals surface area contributed by atoms with Crippen LogP contribution in [0.2, 0.25) is 0 Å². The Labute approximate surface area is 157 Å². The third-order valence-corrected chi connectivity index (χ3v) is 6.47. The summed E-state index contributed by atoms with van der Waals surface area (Å²) < 4.78 is 52.2. The van der Waals surface area contributed by atoms with Crippen molar-refractivity contribution in [2.75, 3.05) is 26.3 Å². The van der Waals surface area contributed by atoms with Gasteiger partial charge in [-0.15, -0.1) is 0 Å². The van der Waals surface area contributed by atoms with Gasteiger partial charge in [0.25, 0.3) is 0 Å². The van der Waals surface area contributed by atoms with Crippen LogP contribution in [-0.4, -0.2) is 31.2 Å². The van der Waals surface area contributed by atoms with Gasteiger partial charge in [-0.2, -0.15) is 8.78 Å². The fraction of sp³-hybridized carbons (Fsp3) is 0.647. The summed E-state index contributed by atoms with van der Waals surface area (Å²) in [5, 5.41) is 0. The summed E-state index contributed by atoms with van der Waals surface area (Å²) in [7, 11) is -4.60. The highest BCUT2D eigenvalue weighted by atomic mass is 79.9. The first-order valence-corrected chi connectivity index (χ1v) is 10.9. The van der Waals surface area contributed by atoms with E-state index < -0.39 is 13.3 Å².